The fourth-order valence-corrected chi connectivity index (χ4v) is 1.70. The minimum Gasteiger partial charge on any atom is -0.396 e. The summed E-state index contributed by atoms with van der Waals surface area (Å²) in [5, 5.41) is 8.52. The molecule has 0 heterocycles. The summed E-state index contributed by atoms with van der Waals surface area (Å²) >= 11 is 0. The molecular weight excluding hydrogens is 247 g/mol. The Bertz CT molecular complexity index is 289. The van der Waals surface area contributed by atoms with Gasteiger partial charge in [-0.05, 0) is 6.42 Å². The van der Waals surface area contributed by atoms with E-state index in [1.165, 1.54) is 0 Å². The molecule has 0 bridgehead atoms. The second-order valence-corrected chi connectivity index (χ2v) is 5.86. The van der Waals surface area contributed by atoms with Crippen molar-refractivity contribution in [1.82, 2.24) is 4.90 Å². The first-order valence-corrected chi connectivity index (χ1v) is 6.78. The highest BCUT2D eigenvalue weighted by atomic mass is 32.2. The van der Waals surface area contributed by atoms with Crippen molar-refractivity contribution in [2.45, 2.75) is 12.6 Å². The van der Waals surface area contributed by atoms with Crippen LogP contribution in [0.25, 0.3) is 0 Å². The van der Waals surface area contributed by atoms with Gasteiger partial charge in [0, 0.05) is 26.0 Å². The molecule has 0 fully saturated rings. The van der Waals surface area contributed by atoms with Gasteiger partial charge in [-0.1, -0.05) is 0 Å². The van der Waals surface area contributed by atoms with Crippen molar-refractivity contribution in [3.63, 3.8) is 0 Å². The molecule has 0 aliphatic rings. The third-order valence-corrected chi connectivity index (χ3v) is 2.74. The maximum absolute atomic E-state index is 12.1. The van der Waals surface area contributed by atoms with Crippen molar-refractivity contribution < 1.29 is 26.7 Å². The molecule has 0 aliphatic carbocycles. The zero-order valence-electron chi connectivity index (χ0n) is 9.00. The summed E-state index contributed by atoms with van der Waals surface area (Å²) in [5.74, 6) is -0.311. The van der Waals surface area contributed by atoms with E-state index in [2.05, 4.69) is 0 Å². The van der Waals surface area contributed by atoms with Gasteiger partial charge in [0.05, 0.1) is 12.3 Å². The maximum atomic E-state index is 12.1. The number of sulfone groups is 1. The molecule has 1 N–H and O–H groups in total. The number of hydrogen-bond donors (Lipinski definition) is 1. The highest BCUT2D eigenvalue weighted by Crippen LogP contribution is 2.16. The fourth-order valence-electron chi connectivity index (χ4n) is 1.11. The molecule has 0 rings (SSSR count). The third-order valence-electron chi connectivity index (χ3n) is 1.81. The fraction of sp³-hybridized carbons (Fsp3) is 1.00. The van der Waals surface area contributed by atoms with Crippen LogP contribution in [0.3, 0.4) is 0 Å². The minimum atomic E-state index is -4.35. The standard InChI is InChI=1S/C8H16F3NO3S/c1-16(14,15)6-4-12(3-2-5-13)7-8(9,10)11/h13H,2-7H2,1H3. The predicted molar refractivity (Wildman–Crippen MR) is 53.9 cm³/mol. The average Bonchev–Trinajstić information content (AvgIpc) is 2.06. The van der Waals surface area contributed by atoms with Gasteiger partial charge in [0.2, 0.25) is 0 Å². The Hall–Kier alpha value is -0.340. The summed E-state index contributed by atoms with van der Waals surface area (Å²) in [7, 11) is -3.27. The maximum Gasteiger partial charge on any atom is 0.401 e. The van der Waals surface area contributed by atoms with Gasteiger partial charge in [-0.25, -0.2) is 8.42 Å². The summed E-state index contributed by atoms with van der Waals surface area (Å²) in [4.78, 5) is 0.983. The summed E-state index contributed by atoms with van der Waals surface area (Å²) in [6, 6.07) is 0. The van der Waals surface area contributed by atoms with Crippen molar-refractivity contribution in [3.05, 3.63) is 0 Å². The molecule has 0 amide bonds. The van der Waals surface area contributed by atoms with Gasteiger partial charge in [0.1, 0.15) is 9.84 Å². The van der Waals surface area contributed by atoms with Crippen molar-refractivity contribution in [2.24, 2.45) is 0 Å². The SMILES string of the molecule is CS(=O)(=O)CCN(CCCO)CC(F)(F)F. The van der Waals surface area contributed by atoms with E-state index in [-0.39, 0.29) is 31.9 Å². The molecule has 0 aliphatic heterocycles. The lowest BCUT2D eigenvalue weighted by atomic mass is 10.4. The lowest BCUT2D eigenvalue weighted by molar-refractivity contribution is -0.145. The van der Waals surface area contributed by atoms with E-state index in [0.717, 1.165) is 11.2 Å². The average molecular weight is 263 g/mol. The van der Waals surface area contributed by atoms with Crippen LogP contribution < -0.4 is 0 Å². The molecule has 0 unspecified atom stereocenters. The summed E-state index contributed by atoms with van der Waals surface area (Å²) in [6.45, 7) is -1.50. The van der Waals surface area contributed by atoms with Crippen LogP contribution >= 0.6 is 0 Å². The Morgan fingerprint density at radius 1 is 1.25 bits per heavy atom. The largest absolute Gasteiger partial charge is 0.401 e. The third kappa shape index (κ3) is 10.2. The summed E-state index contributed by atoms with van der Waals surface area (Å²) in [5.41, 5.74) is 0. The summed E-state index contributed by atoms with van der Waals surface area (Å²) < 4.78 is 57.9. The number of halogens is 3. The van der Waals surface area contributed by atoms with Gasteiger partial charge in [-0.2, -0.15) is 13.2 Å². The van der Waals surface area contributed by atoms with Crippen LogP contribution in [0.4, 0.5) is 13.2 Å². The van der Waals surface area contributed by atoms with E-state index in [1.54, 1.807) is 0 Å². The molecule has 0 radical (unpaired) electrons. The molecule has 8 heteroatoms. The van der Waals surface area contributed by atoms with E-state index in [9.17, 15) is 21.6 Å². The first-order chi connectivity index (χ1) is 7.14. The van der Waals surface area contributed by atoms with E-state index < -0.39 is 22.6 Å². The molecule has 0 aromatic heterocycles. The highest BCUT2D eigenvalue weighted by Gasteiger charge is 2.30. The van der Waals surface area contributed by atoms with E-state index in [0.29, 0.717) is 0 Å². The van der Waals surface area contributed by atoms with Crippen molar-refractivity contribution in [2.75, 3.05) is 38.2 Å². The Morgan fingerprint density at radius 3 is 2.19 bits per heavy atom. The zero-order chi connectivity index (χ0) is 12.8. The predicted octanol–water partition coefficient (Wildman–Crippen LogP) is 0.278. The molecule has 98 valence electrons. The highest BCUT2D eigenvalue weighted by molar-refractivity contribution is 7.90. The van der Waals surface area contributed by atoms with E-state index >= 15 is 0 Å². The van der Waals surface area contributed by atoms with Gasteiger partial charge in [-0.3, -0.25) is 4.90 Å². The van der Waals surface area contributed by atoms with Crippen molar-refractivity contribution >= 4 is 9.84 Å². The first kappa shape index (κ1) is 15.7. The number of aliphatic hydroxyl groups excluding tert-OH is 1. The molecular formula is C8H16F3NO3S. The number of aliphatic hydroxyl groups is 1. The quantitative estimate of drug-likeness (QED) is 0.716. The first-order valence-electron chi connectivity index (χ1n) is 4.72. The Morgan fingerprint density at radius 2 is 1.81 bits per heavy atom. The van der Waals surface area contributed by atoms with Crippen molar-refractivity contribution in [1.29, 1.82) is 0 Å². The summed E-state index contributed by atoms with van der Waals surface area (Å²) in [6.07, 6.45) is -3.18. The van der Waals surface area contributed by atoms with Crippen LogP contribution in [-0.4, -0.2) is 62.9 Å². The van der Waals surface area contributed by atoms with Gasteiger partial charge in [0.15, 0.2) is 0 Å². The lowest BCUT2D eigenvalue weighted by Crippen LogP contribution is -2.38. The van der Waals surface area contributed by atoms with Gasteiger partial charge < -0.3 is 5.11 Å². The lowest BCUT2D eigenvalue weighted by Gasteiger charge is -2.22. The minimum absolute atomic E-state index is 0.0333. The molecule has 0 spiro atoms. The van der Waals surface area contributed by atoms with Crippen LogP contribution in [0.15, 0.2) is 0 Å². The number of nitrogens with zero attached hydrogens (tertiary/aromatic N) is 1. The van der Waals surface area contributed by atoms with Crippen LogP contribution in [0.1, 0.15) is 6.42 Å². The van der Waals surface area contributed by atoms with Crippen molar-refractivity contribution in [3.8, 4) is 0 Å². The second-order valence-electron chi connectivity index (χ2n) is 3.60. The van der Waals surface area contributed by atoms with Gasteiger partial charge in [-0.15, -0.1) is 0 Å². The zero-order valence-corrected chi connectivity index (χ0v) is 9.81. The number of alkyl halides is 3. The van der Waals surface area contributed by atoms with Gasteiger partial charge in [0.25, 0.3) is 0 Å². The Balaban J connectivity index is 4.21. The van der Waals surface area contributed by atoms with Crippen LogP contribution in [0.5, 0.6) is 0 Å². The van der Waals surface area contributed by atoms with Gasteiger partial charge >= 0.3 is 6.18 Å². The molecule has 0 aromatic carbocycles. The molecule has 0 atom stereocenters. The topological polar surface area (TPSA) is 57.6 Å². The molecule has 0 saturated carbocycles. The normalized spacial score (nSPS) is 13.4. The molecule has 16 heavy (non-hydrogen) atoms. The molecule has 0 saturated heterocycles. The Labute approximate surface area is 93.0 Å². The second kappa shape index (κ2) is 6.41. The monoisotopic (exact) mass is 263 g/mol. The molecule has 0 aromatic rings. The molecule has 4 nitrogen and oxygen atoms in total. The van der Waals surface area contributed by atoms with E-state index in [4.69, 9.17) is 5.11 Å². The Kier molecular flexibility index (Phi) is 6.27. The number of rotatable bonds is 7. The van der Waals surface area contributed by atoms with Crippen LogP contribution in [-0.2, 0) is 9.84 Å². The van der Waals surface area contributed by atoms with Crippen LogP contribution in [0.2, 0.25) is 0 Å². The van der Waals surface area contributed by atoms with Crippen LogP contribution in [0, 0.1) is 0 Å². The van der Waals surface area contributed by atoms with E-state index in [1.807, 2.05) is 0 Å². The smallest absolute Gasteiger partial charge is 0.396 e. The number of hydrogen-bond acceptors (Lipinski definition) is 4.